The number of nitrogens with one attached hydrogen (secondary N) is 3. The summed E-state index contributed by atoms with van der Waals surface area (Å²) in [5, 5.41) is 15.7. The van der Waals surface area contributed by atoms with Gasteiger partial charge in [-0.3, -0.25) is 9.59 Å². The molecule has 0 bridgehead atoms. The van der Waals surface area contributed by atoms with E-state index in [1.54, 1.807) is 36.8 Å². The van der Waals surface area contributed by atoms with Crippen molar-refractivity contribution in [1.29, 1.82) is 0 Å². The van der Waals surface area contributed by atoms with Crippen LogP contribution in [0.1, 0.15) is 21.6 Å². The number of nitrogens with zero attached hydrogens (tertiary/aromatic N) is 1. The number of aromatic amines is 1. The lowest BCUT2D eigenvalue weighted by molar-refractivity contribution is -0.125. The molecule has 2 amide bonds. The van der Waals surface area contributed by atoms with Gasteiger partial charge in [0.15, 0.2) is 6.61 Å². The lowest BCUT2D eigenvalue weighted by Crippen LogP contribution is -2.29. The normalized spacial score (nSPS) is 10.2. The molecule has 1 radical (unpaired) electrons. The fourth-order valence-electron chi connectivity index (χ4n) is 1.97. The van der Waals surface area contributed by atoms with Crippen LogP contribution >= 0.6 is 0 Å². The number of benzene rings is 1. The van der Waals surface area contributed by atoms with Gasteiger partial charge >= 0.3 is 0 Å². The predicted molar refractivity (Wildman–Crippen MR) is 78.5 cm³/mol. The van der Waals surface area contributed by atoms with Crippen molar-refractivity contribution in [3.8, 4) is 0 Å². The molecule has 1 aromatic heterocycles. The lowest BCUT2D eigenvalue weighted by Gasteiger charge is -2.10. The van der Waals surface area contributed by atoms with Crippen molar-refractivity contribution in [2.24, 2.45) is 0 Å². The second kappa shape index (κ2) is 7.94. The average Bonchev–Trinajstić information content (AvgIpc) is 3.06. The number of carbonyl (C=O) groups is 2. The zero-order chi connectivity index (χ0) is 15.8. The van der Waals surface area contributed by atoms with Crippen LogP contribution in [0, 0.1) is 0 Å². The Morgan fingerprint density at radius 1 is 1.18 bits per heavy atom. The minimum absolute atomic E-state index is 0.157. The van der Waals surface area contributed by atoms with Gasteiger partial charge in [0.1, 0.15) is 0 Å². The molecule has 0 saturated heterocycles. The maximum Gasteiger partial charge on any atom is 0.251 e. The highest BCUT2D eigenvalue weighted by Gasteiger charge is 2.11. The summed E-state index contributed by atoms with van der Waals surface area (Å²) in [6.07, 6.45) is 3.99. The van der Waals surface area contributed by atoms with Crippen LogP contribution < -0.4 is 10.6 Å². The first-order chi connectivity index (χ1) is 10.7. The largest absolute Gasteiger partial charge is 0.352 e. The number of H-pyrrole nitrogens is 1. The molecule has 2 rings (SSSR count). The first-order valence-electron chi connectivity index (χ1n) is 6.89. The van der Waals surface area contributed by atoms with Gasteiger partial charge in [-0.1, -0.05) is 18.2 Å². The topological polar surface area (TPSA) is 107 Å². The smallest absolute Gasteiger partial charge is 0.251 e. The zero-order valence-corrected chi connectivity index (χ0v) is 12.0. The summed E-state index contributed by atoms with van der Waals surface area (Å²) in [6.45, 7) is -0.201. The van der Waals surface area contributed by atoms with Crippen molar-refractivity contribution in [3.05, 3.63) is 53.6 Å². The molecule has 1 aromatic carbocycles. The molecule has 0 atom stereocenters. The first-order valence-corrected chi connectivity index (χ1v) is 6.89. The minimum atomic E-state index is -0.821. The summed E-state index contributed by atoms with van der Waals surface area (Å²) in [5.41, 5.74) is 2.02. The third-order valence-corrected chi connectivity index (χ3v) is 3.09. The van der Waals surface area contributed by atoms with Crippen LogP contribution in [-0.2, 0) is 22.9 Å². The van der Waals surface area contributed by atoms with E-state index in [0.29, 0.717) is 24.1 Å². The number of hydrogen-bond acceptors (Lipinski definition) is 3. The zero-order valence-electron chi connectivity index (χ0n) is 12.0. The molecule has 0 aliphatic rings. The van der Waals surface area contributed by atoms with Crippen LogP contribution in [0.2, 0.25) is 0 Å². The van der Waals surface area contributed by atoms with Gasteiger partial charge in [-0.05, 0) is 11.6 Å². The van der Waals surface area contributed by atoms with E-state index in [1.165, 1.54) is 0 Å². The van der Waals surface area contributed by atoms with Gasteiger partial charge < -0.3 is 15.6 Å². The molecule has 7 nitrogen and oxygen atoms in total. The van der Waals surface area contributed by atoms with Gasteiger partial charge in [0.2, 0.25) is 5.91 Å². The van der Waals surface area contributed by atoms with E-state index in [0.717, 1.165) is 5.69 Å². The molecule has 1 heterocycles. The van der Waals surface area contributed by atoms with E-state index in [4.69, 9.17) is 0 Å². The van der Waals surface area contributed by atoms with Crippen molar-refractivity contribution in [2.75, 3.05) is 13.2 Å². The Balaban J connectivity index is 1.92. The van der Waals surface area contributed by atoms with Crippen molar-refractivity contribution >= 4 is 11.8 Å². The van der Waals surface area contributed by atoms with Crippen LogP contribution in [0.3, 0.4) is 0 Å². The molecule has 7 heteroatoms. The summed E-state index contributed by atoms with van der Waals surface area (Å²) in [4.78, 5) is 30.2. The van der Waals surface area contributed by atoms with E-state index in [1.807, 2.05) is 0 Å². The minimum Gasteiger partial charge on any atom is -0.352 e. The van der Waals surface area contributed by atoms with Crippen LogP contribution in [0.25, 0.3) is 0 Å². The Hall–Kier alpha value is -2.67. The molecule has 0 fully saturated rings. The number of amides is 2. The van der Waals surface area contributed by atoms with E-state index < -0.39 is 12.5 Å². The lowest BCUT2D eigenvalue weighted by atomic mass is 10.1. The molecule has 0 saturated carbocycles. The Morgan fingerprint density at radius 3 is 2.73 bits per heavy atom. The van der Waals surface area contributed by atoms with Gasteiger partial charge in [0.25, 0.3) is 5.91 Å². The van der Waals surface area contributed by atoms with E-state index in [9.17, 15) is 14.7 Å². The summed E-state index contributed by atoms with van der Waals surface area (Å²) in [6, 6.07) is 6.96. The molecular weight excluding hydrogens is 284 g/mol. The highest BCUT2D eigenvalue weighted by molar-refractivity contribution is 5.95. The van der Waals surface area contributed by atoms with E-state index >= 15 is 0 Å². The molecule has 0 aliphatic carbocycles. The van der Waals surface area contributed by atoms with Crippen molar-refractivity contribution in [2.45, 2.75) is 13.0 Å². The van der Waals surface area contributed by atoms with Gasteiger partial charge in [0.05, 0.1) is 12.0 Å². The van der Waals surface area contributed by atoms with Crippen molar-refractivity contribution in [1.82, 2.24) is 20.6 Å². The van der Waals surface area contributed by atoms with Crippen LogP contribution in [0.4, 0.5) is 0 Å². The highest BCUT2D eigenvalue weighted by atomic mass is 16.3. The van der Waals surface area contributed by atoms with E-state index in [-0.39, 0.29) is 12.5 Å². The number of carbonyl (C=O) groups excluding carboxylic acids is 2. The third-order valence-electron chi connectivity index (χ3n) is 3.09. The maximum absolute atomic E-state index is 12.2. The van der Waals surface area contributed by atoms with Crippen molar-refractivity contribution < 1.29 is 14.7 Å². The van der Waals surface area contributed by atoms with Crippen molar-refractivity contribution in [3.63, 3.8) is 0 Å². The van der Waals surface area contributed by atoms with Crippen LogP contribution in [0.5, 0.6) is 0 Å². The summed E-state index contributed by atoms with van der Waals surface area (Å²) < 4.78 is 0. The fraction of sp³-hybridized carbons (Fsp3) is 0.267. The molecule has 0 aliphatic heterocycles. The van der Waals surface area contributed by atoms with Gasteiger partial charge in [-0.2, -0.15) is 0 Å². The molecule has 0 spiro atoms. The van der Waals surface area contributed by atoms with Gasteiger partial charge in [-0.25, -0.2) is 10.1 Å². The number of imidazole rings is 1. The molecule has 3 N–H and O–H groups in total. The third kappa shape index (κ3) is 4.42. The summed E-state index contributed by atoms with van der Waals surface area (Å²) in [5.74, 6) is -0.809. The second-order valence-corrected chi connectivity index (χ2v) is 4.64. The van der Waals surface area contributed by atoms with E-state index in [2.05, 4.69) is 20.6 Å². The SMILES string of the molecule is [O]CC(=O)NCc1ccccc1C(=O)NCCc1c[nH]cn1. The summed E-state index contributed by atoms with van der Waals surface area (Å²) >= 11 is 0. The van der Waals surface area contributed by atoms with Crippen LogP contribution in [-0.4, -0.2) is 34.9 Å². The Morgan fingerprint density at radius 2 is 2.00 bits per heavy atom. The highest BCUT2D eigenvalue weighted by Crippen LogP contribution is 2.08. The molecule has 22 heavy (non-hydrogen) atoms. The first kappa shape index (κ1) is 15.7. The second-order valence-electron chi connectivity index (χ2n) is 4.64. The van der Waals surface area contributed by atoms with Crippen LogP contribution in [0.15, 0.2) is 36.8 Å². The molecule has 2 aromatic rings. The Bertz CT molecular complexity index is 625. The molecule has 115 valence electrons. The van der Waals surface area contributed by atoms with Gasteiger partial charge in [0, 0.05) is 31.3 Å². The Kier molecular flexibility index (Phi) is 5.67. The predicted octanol–water partition coefficient (Wildman–Crippen LogP) is 0.429. The molecular formula is C15H17N4O3. The number of aromatic nitrogens is 2. The quantitative estimate of drug-likeness (QED) is 0.690. The average molecular weight is 301 g/mol. The fourth-order valence-corrected chi connectivity index (χ4v) is 1.97. The summed E-state index contributed by atoms with van der Waals surface area (Å²) in [7, 11) is 0. The molecule has 0 unspecified atom stereocenters. The number of rotatable bonds is 7. The Labute approximate surface area is 127 Å². The monoisotopic (exact) mass is 301 g/mol. The standard InChI is InChI=1S/C15H17N4O3/c20-9-14(21)18-7-11-3-1-2-4-13(11)15(22)17-6-5-12-8-16-10-19-12/h1-4,8,10H,5-7,9H2,(H,16,19)(H,17,22)(H,18,21). The number of hydrogen-bond donors (Lipinski definition) is 3. The maximum atomic E-state index is 12.2. The van der Waals surface area contributed by atoms with Gasteiger partial charge in [-0.15, -0.1) is 0 Å².